The molecule has 1 saturated heterocycles. The minimum atomic E-state index is -0.599. The molecule has 3 aliphatic heterocycles. The fourth-order valence-electron chi connectivity index (χ4n) is 3.84. The lowest BCUT2D eigenvalue weighted by Gasteiger charge is -2.34. The molecule has 1 amide bonds. The fraction of sp³-hybridized carbons (Fsp3) is 0.450. The lowest BCUT2D eigenvalue weighted by molar-refractivity contribution is -0.117. The number of fused-ring (bicyclic) bond motifs is 1. The molecule has 3 aliphatic rings. The van der Waals surface area contributed by atoms with E-state index in [1.165, 1.54) is 12.1 Å². The highest BCUT2D eigenvalue weighted by molar-refractivity contribution is 6.16. The number of ketones is 1. The molecule has 1 atom stereocenters. The van der Waals surface area contributed by atoms with Crippen molar-refractivity contribution in [2.45, 2.75) is 25.4 Å². The van der Waals surface area contributed by atoms with Gasteiger partial charge in [0.15, 0.2) is 5.78 Å². The summed E-state index contributed by atoms with van der Waals surface area (Å²) in [5.74, 6) is -0.198. The molecule has 1 fully saturated rings. The first-order valence-electron chi connectivity index (χ1n) is 9.36. The highest BCUT2D eigenvalue weighted by Crippen LogP contribution is 2.30. The van der Waals surface area contributed by atoms with Crippen LogP contribution in [0.25, 0.3) is 0 Å². The van der Waals surface area contributed by atoms with E-state index < -0.39 is 12.8 Å². The van der Waals surface area contributed by atoms with Crippen LogP contribution in [-0.4, -0.2) is 61.3 Å². The highest BCUT2D eigenvalue weighted by Gasteiger charge is 2.29. The van der Waals surface area contributed by atoms with E-state index in [1.807, 2.05) is 4.90 Å². The summed E-state index contributed by atoms with van der Waals surface area (Å²) in [6.45, 7) is 1.01. The Morgan fingerprint density at radius 2 is 2.18 bits per heavy atom. The third kappa shape index (κ3) is 3.69. The molecule has 0 spiro atoms. The molecule has 0 aliphatic carbocycles. The number of carbonyl (C=O) groups excluding carboxylic acids is 2. The number of benzene rings is 1. The fourth-order valence-corrected chi connectivity index (χ4v) is 3.84. The van der Waals surface area contributed by atoms with Gasteiger partial charge in [0.25, 0.3) is 0 Å². The minimum Gasteiger partial charge on any atom is -0.372 e. The maximum Gasteiger partial charge on any atom is 0.232 e. The van der Waals surface area contributed by atoms with Crippen molar-refractivity contribution in [1.82, 2.24) is 4.90 Å². The van der Waals surface area contributed by atoms with E-state index in [0.717, 1.165) is 0 Å². The maximum atomic E-state index is 13.9. The van der Waals surface area contributed by atoms with E-state index in [4.69, 9.17) is 4.74 Å². The molecule has 8 heteroatoms. The van der Waals surface area contributed by atoms with E-state index in [-0.39, 0.29) is 30.3 Å². The van der Waals surface area contributed by atoms with Gasteiger partial charge >= 0.3 is 0 Å². The van der Waals surface area contributed by atoms with E-state index in [9.17, 15) is 18.4 Å². The van der Waals surface area contributed by atoms with Crippen molar-refractivity contribution in [3.63, 3.8) is 0 Å². The number of rotatable bonds is 4. The number of amides is 1. The molecule has 1 aromatic rings. The number of alkyl halides is 1. The Morgan fingerprint density at radius 1 is 1.32 bits per heavy atom. The molecule has 6 nitrogen and oxygen atoms in total. The van der Waals surface area contributed by atoms with Gasteiger partial charge in [-0.2, -0.15) is 0 Å². The number of aliphatic imine (C=N–C) groups is 1. The number of halogens is 2. The van der Waals surface area contributed by atoms with Gasteiger partial charge in [0.1, 0.15) is 24.4 Å². The Morgan fingerprint density at radius 3 is 3.00 bits per heavy atom. The Labute approximate surface area is 161 Å². The van der Waals surface area contributed by atoms with E-state index in [2.05, 4.69) is 4.99 Å². The van der Waals surface area contributed by atoms with E-state index in [0.29, 0.717) is 55.4 Å². The molecular formula is C20H21F2N3O3. The summed E-state index contributed by atoms with van der Waals surface area (Å²) in [4.78, 5) is 32.8. The normalized spacial score (nSPS) is 22.1. The summed E-state index contributed by atoms with van der Waals surface area (Å²) in [6, 6.07) is 4.70. The van der Waals surface area contributed by atoms with Crippen LogP contribution >= 0.6 is 0 Å². The van der Waals surface area contributed by atoms with Crippen molar-refractivity contribution in [3.05, 3.63) is 41.5 Å². The maximum absolute atomic E-state index is 13.9. The summed E-state index contributed by atoms with van der Waals surface area (Å²) < 4.78 is 32.1. The second-order valence-corrected chi connectivity index (χ2v) is 7.13. The molecule has 148 valence electrons. The van der Waals surface area contributed by atoms with Crippen molar-refractivity contribution < 1.29 is 23.1 Å². The first-order valence-corrected chi connectivity index (χ1v) is 9.36. The lowest BCUT2D eigenvalue weighted by atomic mass is 10.1. The molecule has 28 heavy (non-hydrogen) atoms. The van der Waals surface area contributed by atoms with Crippen molar-refractivity contribution in [1.29, 1.82) is 0 Å². The van der Waals surface area contributed by atoms with Crippen LogP contribution in [0.5, 0.6) is 0 Å². The van der Waals surface area contributed by atoms with Gasteiger partial charge < -0.3 is 14.5 Å². The zero-order valence-corrected chi connectivity index (χ0v) is 15.4. The SMILES string of the molecule is O=C1C=C(N2CCOC(CF)C2)N=C(CC(=O)N2CCc3c(F)cccc32)C1. The number of morpholine rings is 1. The van der Waals surface area contributed by atoms with Crippen molar-refractivity contribution in [3.8, 4) is 0 Å². The van der Waals surface area contributed by atoms with Crippen LogP contribution < -0.4 is 4.90 Å². The molecule has 0 bridgehead atoms. The molecule has 1 unspecified atom stereocenters. The zero-order valence-electron chi connectivity index (χ0n) is 15.4. The topological polar surface area (TPSA) is 62.2 Å². The smallest absolute Gasteiger partial charge is 0.232 e. The Bertz CT molecular complexity index is 868. The largest absolute Gasteiger partial charge is 0.372 e. The average molecular weight is 389 g/mol. The standard InChI is InChI=1S/C20H21F2N3O3/c21-11-15-12-24(6-7-28-15)19-10-14(26)8-13(23-19)9-20(27)25-5-4-16-17(22)2-1-3-18(16)25/h1-3,10,15H,4-9,11-12H2. The summed E-state index contributed by atoms with van der Waals surface area (Å²) >= 11 is 0. The average Bonchev–Trinajstić information content (AvgIpc) is 3.13. The van der Waals surface area contributed by atoms with Crippen LogP contribution in [0.2, 0.25) is 0 Å². The van der Waals surface area contributed by atoms with Gasteiger partial charge in [-0.25, -0.2) is 13.8 Å². The van der Waals surface area contributed by atoms with Crippen LogP contribution in [0, 0.1) is 5.82 Å². The first kappa shape index (κ1) is 18.7. The predicted molar refractivity (Wildman–Crippen MR) is 99.5 cm³/mol. The van der Waals surface area contributed by atoms with Crippen molar-refractivity contribution in [2.24, 2.45) is 4.99 Å². The number of anilines is 1. The molecular weight excluding hydrogens is 368 g/mol. The molecule has 3 heterocycles. The number of hydrogen-bond donors (Lipinski definition) is 0. The molecule has 0 saturated carbocycles. The van der Waals surface area contributed by atoms with Gasteiger partial charge in [-0.1, -0.05) is 6.07 Å². The monoisotopic (exact) mass is 389 g/mol. The van der Waals surface area contributed by atoms with Crippen LogP contribution in [0.4, 0.5) is 14.5 Å². The summed E-state index contributed by atoms with van der Waals surface area (Å²) in [6.07, 6.45) is 1.45. The molecule has 0 N–H and O–H groups in total. The van der Waals surface area contributed by atoms with Crippen LogP contribution in [0.1, 0.15) is 18.4 Å². The minimum absolute atomic E-state index is 0.00405. The Balaban J connectivity index is 1.48. The van der Waals surface area contributed by atoms with Gasteiger partial charge in [-0.3, -0.25) is 9.59 Å². The second kappa shape index (κ2) is 7.79. The number of hydrogen-bond acceptors (Lipinski definition) is 5. The molecule has 0 aromatic heterocycles. The third-order valence-electron chi connectivity index (χ3n) is 5.20. The summed E-state index contributed by atoms with van der Waals surface area (Å²) in [7, 11) is 0. The molecule has 1 aromatic carbocycles. The van der Waals surface area contributed by atoms with Crippen LogP contribution in [-0.2, 0) is 20.7 Å². The molecule has 0 radical (unpaired) electrons. The van der Waals surface area contributed by atoms with Crippen LogP contribution in [0.3, 0.4) is 0 Å². The third-order valence-corrected chi connectivity index (χ3v) is 5.20. The lowest BCUT2D eigenvalue weighted by Crippen LogP contribution is -2.43. The second-order valence-electron chi connectivity index (χ2n) is 7.13. The quantitative estimate of drug-likeness (QED) is 0.791. The van der Waals surface area contributed by atoms with E-state index >= 15 is 0 Å². The van der Waals surface area contributed by atoms with E-state index in [1.54, 1.807) is 17.0 Å². The predicted octanol–water partition coefficient (Wildman–Crippen LogP) is 2.03. The first-order chi connectivity index (χ1) is 13.5. The van der Waals surface area contributed by atoms with Crippen molar-refractivity contribution in [2.75, 3.05) is 37.8 Å². The Kier molecular flexibility index (Phi) is 5.21. The summed E-state index contributed by atoms with van der Waals surface area (Å²) in [5.41, 5.74) is 1.60. The van der Waals surface area contributed by atoms with Gasteiger partial charge in [0.05, 0.1) is 13.0 Å². The number of carbonyl (C=O) groups is 2. The number of nitrogens with zero attached hydrogens (tertiary/aromatic N) is 3. The van der Waals surface area contributed by atoms with Crippen LogP contribution in [0.15, 0.2) is 35.1 Å². The summed E-state index contributed by atoms with van der Waals surface area (Å²) in [5, 5.41) is 0. The van der Waals surface area contributed by atoms with Gasteiger partial charge in [0.2, 0.25) is 5.91 Å². The highest BCUT2D eigenvalue weighted by atomic mass is 19.1. The van der Waals surface area contributed by atoms with Gasteiger partial charge in [-0.15, -0.1) is 0 Å². The Hall–Kier alpha value is -2.61. The number of allylic oxidation sites excluding steroid dienone is 1. The van der Waals surface area contributed by atoms with Crippen molar-refractivity contribution >= 4 is 23.1 Å². The zero-order chi connectivity index (χ0) is 19.7. The van der Waals surface area contributed by atoms with Gasteiger partial charge in [-0.05, 0) is 18.6 Å². The molecule has 4 rings (SSSR count). The van der Waals surface area contributed by atoms with Gasteiger partial charge in [0, 0.05) is 49.1 Å². The number of ether oxygens (including phenoxy) is 1.